The lowest BCUT2D eigenvalue weighted by Crippen LogP contribution is -2.14. The minimum Gasteiger partial charge on any atom is -0.494 e. The maximum atomic E-state index is 12.7. The standard InChI is InChI=1S/C20H21ClF3NO2/c1-13(2)14-5-8-16(9-6-14)27-11-3-4-19(26)25-18-12-15(20(22,23)24)7-10-17(18)21/h5-10,12-13H,3-4,11H2,1-2H3,(H,25,26). The molecule has 7 heteroatoms. The van der Waals surface area contributed by atoms with E-state index in [4.69, 9.17) is 16.3 Å². The number of nitrogens with one attached hydrogen (secondary N) is 1. The first-order valence-corrected chi connectivity index (χ1v) is 8.94. The van der Waals surface area contributed by atoms with Crippen LogP contribution in [0.15, 0.2) is 42.5 Å². The SMILES string of the molecule is CC(C)c1ccc(OCCCC(=O)Nc2cc(C(F)(F)F)ccc2Cl)cc1. The number of carbonyl (C=O) groups excluding carboxylic acids is 1. The summed E-state index contributed by atoms with van der Waals surface area (Å²) in [4.78, 5) is 12.0. The van der Waals surface area contributed by atoms with Crippen molar-refractivity contribution in [3.63, 3.8) is 0 Å². The molecular weight excluding hydrogens is 379 g/mol. The molecule has 0 aromatic heterocycles. The van der Waals surface area contributed by atoms with E-state index < -0.39 is 17.6 Å². The van der Waals surface area contributed by atoms with Crippen molar-refractivity contribution in [2.24, 2.45) is 0 Å². The quantitative estimate of drug-likeness (QED) is 0.556. The maximum absolute atomic E-state index is 12.7. The van der Waals surface area contributed by atoms with E-state index in [9.17, 15) is 18.0 Å². The van der Waals surface area contributed by atoms with Gasteiger partial charge in [0.15, 0.2) is 0 Å². The molecule has 0 spiro atoms. The molecule has 0 radical (unpaired) electrons. The monoisotopic (exact) mass is 399 g/mol. The molecule has 0 aliphatic rings. The highest BCUT2D eigenvalue weighted by atomic mass is 35.5. The summed E-state index contributed by atoms with van der Waals surface area (Å²) in [5.41, 5.74) is 0.289. The molecule has 0 unspecified atom stereocenters. The Bertz CT molecular complexity index is 774. The van der Waals surface area contributed by atoms with Crippen LogP contribution in [0.3, 0.4) is 0 Å². The highest BCUT2D eigenvalue weighted by Gasteiger charge is 2.31. The van der Waals surface area contributed by atoms with Crippen molar-refractivity contribution in [1.82, 2.24) is 0 Å². The first kappa shape index (κ1) is 21.1. The number of anilines is 1. The Hall–Kier alpha value is -2.21. The van der Waals surface area contributed by atoms with Gasteiger partial charge < -0.3 is 10.1 Å². The fraction of sp³-hybridized carbons (Fsp3) is 0.350. The molecule has 1 amide bonds. The molecule has 0 aliphatic carbocycles. The summed E-state index contributed by atoms with van der Waals surface area (Å²) in [6, 6.07) is 10.5. The Kier molecular flexibility index (Phi) is 7.13. The molecule has 3 nitrogen and oxygen atoms in total. The van der Waals surface area contributed by atoms with Crippen LogP contribution in [0.25, 0.3) is 0 Å². The number of halogens is 4. The van der Waals surface area contributed by atoms with E-state index in [-0.39, 0.29) is 17.1 Å². The number of amides is 1. The van der Waals surface area contributed by atoms with Gasteiger partial charge in [0.2, 0.25) is 5.91 Å². The fourth-order valence-corrected chi connectivity index (χ4v) is 2.55. The van der Waals surface area contributed by atoms with Crippen molar-refractivity contribution in [1.29, 1.82) is 0 Å². The van der Waals surface area contributed by atoms with Crippen LogP contribution >= 0.6 is 11.6 Å². The minimum absolute atomic E-state index is 0.0536. The summed E-state index contributed by atoms with van der Waals surface area (Å²) in [6.07, 6.45) is -3.96. The van der Waals surface area contributed by atoms with Gasteiger partial charge in [-0.3, -0.25) is 4.79 Å². The summed E-state index contributed by atoms with van der Waals surface area (Å²) < 4.78 is 43.8. The predicted octanol–water partition coefficient (Wildman–Crippen LogP) is 6.28. The number of benzene rings is 2. The largest absolute Gasteiger partial charge is 0.494 e. The van der Waals surface area contributed by atoms with Gasteiger partial charge >= 0.3 is 6.18 Å². The van der Waals surface area contributed by atoms with Gasteiger partial charge in [0.1, 0.15) is 5.75 Å². The molecule has 0 aliphatic heterocycles. The van der Waals surface area contributed by atoms with E-state index in [1.54, 1.807) is 0 Å². The zero-order valence-electron chi connectivity index (χ0n) is 15.1. The van der Waals surface area contributed by atoms with Crippen LogP contribution in [0.4, 0.5) is 18.9 Å². The van der Waals surface area contributed by atoms with Gasteiger partial charge in [-0.1, -0.05) is 37.6 Å². The van der Waals surface area contributed by atoms with Crippen molar-refractivity contribution in [2.45, 2.75) is 38.8 Å². The molecule has 0 saturated carbocycles. The molecule has 0 saturated heterocycles. The molecule has 2 aromatic carbocycles. The van der Waals surface area contributed by atoms with Gasteiger partial charge in [-0.25, -0.2) is 0 Å². The van der Waals surface area contributed by atoms with Crippen LogP contribution in [0.2, 0.25) is 5.02 Å². The normalized spacial score (nSPS) is 11.5. The smallest absolute Gasteiger partial charge is 0.416 e. The molecule has 1 N–H and O–H groups in total. The lowest BCUT2D eigenvalue weighted by Gasteiger charge is -2.12. The van der Waals surface area contributed by atoms with Crippen molar-refractivity contribution in [2.75, 3.05) is 11.9 Å². The Morgan fingerprint density at radius 3 is 2.41 bits per heavy atom. The van der Waals surface area contributed by atoms with E-state index in [2.05, 4.69) is 19.2 Å². The van der Waals surface area contributed by atoms with Crippen LogP contribution in [0, 0.1) is 0 Å². The first-order valence-electron chi connectivity index (χ1n) is 8.56. The highest BCUT2D eigenvalue weighted by Crippen LogP contribution is 2.33. The van der Waals surface area contributed by atoms with Crippen molar-refractivity contribution < 1.29 is 22.7 Å². The summed E-state index contributed by atoms with van der Waals surface area (Å²) in [5, 5.41) is 2.47. The van der Waals surface area contributed by atoms with Crippen LogP contribution < -0.4 is 10.1 Å². The third kappa shape index (κ3) is 6.47. The number of carbonyl (C=O) groups is 1. The second kappa shape index (κ2) is 9.13. The summed E-state index contributed by atoms with van der Waals surface area (Å²) in [6.45, 7) is 4.53. The Balaban J connectivity index is 1.81. The van der Waals surface area contributed by atoms with E-state index in [0.717, 1.165) is 18.2 Å². The first-order chi connectivity index (χ1) is 12.7. The Morgan fingerprint density at radius 2 is 1.81 bits per heavy atom. The molecular formula is C20H21ClF3NO2. The Labute approximate surface area is 161 Å². The predicted molar refractivity (Wildman–Crippen MR) is 100 cm³/mol. The molecule has 2 aromatic rings. The number of alkyl halides is 3. The molecule has 0 bridgehead atoms. The molecule has 27 heavy (non-hydrogen) atoms. The van der Waals surface area contributed by atoms with Crippen LogP contribution in [0.5, 0.6) is 5.75 Å². The number of hydrogen-bond acceptors (Lipinski definition) is 2. The number of hydrogen-bond donors (Lipinski definition) is 1. The van der Waals surface area contributed by atoms with Gasteiger partial charge in [0, 0.05) is 6.42 Å². The molecule has 146 valence electrons. The summed E-state index contributed by atoms with van der Waals surface area (Å²) in [5.74, 6) is 0.723. The molecule has 2 rings (SSSR count). The number of ether oxygens (including phenoxy) is 1. The fourth-order valence-electron chi connectivity index (χ4n) is 2.38. The molecule has 0 atom stereocenters. The zero-order valence-corrected chi connectivity index (χ0v) is 15.8. The summed E-state index contributed by atoms with van der Waals surface area (Å²) in [7, 11) is 0. The third-order valence-electron chi connectivity index (χ3n) is 3.93. The Morgan fingerprint density at radius 1 is 1.15 bits per heavy atom. The zero-order chi connectivity index (χ0) is 20.0. The van der Waals surface area contributed by atoms with E-state index in [1.807, 2.05) is 24.3 Å². The number of rotatable bonds is 7. The van der Waals surface area contributed by atoms with Crippen molar-refractivity contribution >= 4 is 23.2 Å². The maximum Gasteiger partial charge on any atom is 0.416 e. The van der Waals surface area contributed by atoms with Crippen molar-refractivity contribution in [3.8, 4) is 5.75 Å². The average Bonchev–Trinajstić information content (AvgIpc) is 2.60. The van der Waals surface area contributed by atoms with Crippen LogP contribution in [0.1, 0.15) is 43.7 Å². The lowest BCUT2D eigenvalue weighted by atomic mass is 10.0. The van der Waals surface area contributed by atoms with Crippen LogP contribution in [-0.4, -0.2) is 12.5 Å². The second-order valence-electron chi connectivity index (χ2n) is 6.42. The molecule has 0 fully saturated rings. The second-order valence-corrected chi connectivity index (χ2v) is 6.82. The summed E-state index contributed by atoms with van der Waals surface area (Å²) >= 11 is 5.86. The van der Waals surface area contributed by atoms with Crippen molar-refractivity contribution in [3.05, 3.63) is 58.6 Å². The lowest BCUT2D eigenvalue weighted by molar-refractivity contribution is -0.137. The highest BCUT2D eigenvalue weighted by molar-refractivity contribution is 6.33. The average molecular weight is 400 g/mol. The van der Waals surface area contributed by atoms with Gasteiger partial charge in [0.05, 0.1) is 22.9 Å². The third-order valence-corrected chi connectivity index (χ3v) is 4.26. The van der Waals surface area contributed by atoms with E-state index in [0.29, 0.717) is 24.7 Å². The minimum atomic E-state index is -4.50. The van der Waals surface area contributed by atoms with Gasteiger partial charge in [-0.15, -0.1) is 0 Å². The topological polar surface area (TPSA) is 38.3 Å². The van der Waals surface area contributed by atoms with Gasteiger partial charge in [0.25, 0.3) is 0 Å². The van der Waals surface area contributed by atoms with Gasteiger partial charge in [-0.05, 0) is 48.2 Å². The molecule has 0 heterocycles. The van der Waals surface area contributed by atoms with Crippen LogP contribution in [-0.2, 0) is 11.0 Å². The van der Waals surface area contributed by atoms with E-state index >= 15 is 0 Å². The van der Waals surface area contributed by atoms with E-state index in [1.165, 1.54) is 5.56 Å². The van der Waals surface area contributed by atoms with Gasteiger partial charge in [-0.2, -0.15) is 13.2 Å².